The van der Waals surface area contributed by atoms with E-state index in [0.29, 0.717) is 6.54 Å². The van der Waals surface area contributed by atoms with Gasteiger partial charge in [0.1, 0.15) is 5.52 Å². The molecule has 0 atom stereocenters. The van der Waals surface area contributed by atoms with Gasteiger partial charge in [-0.15, -0.1) is 5.10 Å². The van der Waals surface area contributed by atoms with Crippen LogP contribution in [-0.4, -0.2) is 25.0 Å². The predicted octanol–water partition coefficient (Wildman–Crippen LogP) is 2.99. The highest BCUT2D eigenvalue weighted by molar-refractivity contribution is 5.79. The molecule has 4 rings (SSSR count). The number of hydrogen-bond donors (Lipinski definition) is 0. The summed E-state index contributed by atoms with van der Waals surface area (Å²) in [6.45, 7) is 2.75. The standard InChI is InChI=1S/C17H15N5/c1-2-14-6-8-16-17(19-14)22(21-20-16)11-12-5-7-15-13(10-12)4-3-9-18-15/h3-10H,2,11H2,1H3. The van der Waals surface area contributed by atoms with Gasteiger partial charge in [0.2, 0.25) is 0 Å². The van der Waals surface area contributed by atoms with Crippen molar-refractivity contribution in [2.45, 2.75) is 19.9 Å². The van der Waals surface area contributed by atoms with Gasteiger partial charge in [-0.3, -0.25) is 4.98 Å². The maximum Gasteiger partial charge on any atom is 0.179 e. The normalized spacial score (nSPS) is 11.3. The summed E-state index contributed by atoms with van der Waals surface area (Å²) >= 11 is 0. The third kappa shape index (κ3) is 2.20. The molecule has 0 saturated heterocycles. The molecule has 1 aromatic carbocycles. The Bertz CT molecular complexity index is 958. The molecule has 3 heterocycles. The smallest absolute Gasteiger partial charge is 0.179 e. The van der Waals surface area contributed by atoms with Gasteiger partial charge in [-0.05, 0) is 42.3 Å². The van der Waals surface area contributed by atoms with Gasteiger partial charge in [-0.25, -0.2) is 9.67 Å². The van der Waals surface area contributed by atoms with E-state index in [9.17, 15) is 0 Å². The summed E-state index contributed by atoms with van der Waals surface area (Å²) in [5.41, 5.74) is 4.89. The van der Waals surface area contributed by atoms with E-state index < -0.39 is 0 Å². The zero-order chi connectivity index (χ0) is 14.9. The lowest BCUT2D eigenvalue weighted by molar-refractivity contribution is 0.663. The first-order chi connectivity index (χ1) is 10.8. The highest BCUT2D eigenvalue weighted by Gasteiger charge is 2.08. The lowest BCUT2D eigenvalue weighted by atomic mass is 10.1. The van der Waals surface area contributed by atoms with E-state index in [1.165, 1.54) is 0 Å². The Morgan fingerprint density at radius 2 is 1.95 bits per heavy atom. The molecule has 22 heavy (non-hydrogen) atoms. The van der Waals surface area contributed by atoms with Gasteiger partial charge in [-0.2, -0.15) is 0 Å². The van der Waals surface area contributed by atoms with Crippen LogP contribution in [-0.2, 0) is 13.0 Å². The molecule has 0 unspecified atom stereocenters. The fraction of sp³-hybridized carbons (Fsp3) is 0.176. The summed E-state index contributed by atoms with van der Waals surface area (Å²) in [5, 5.41) is 9.56. The highest BCUT2D eigenvalue weighted by atomic mass is 15.4. The maximum atomic E-state index is 4.64. The van der Waals surface area contributed by atoms with Crippen LogP contribution in [0.1, 0.15) is 18.2 Å². The van der Waals surface area contributed by atoms with E-state index in [-0.39, 0.29) is 0 Å². The van der Waals surface area contributed by atoms with Crippen LogP contribution in [0.15, 0.2) is 48.7 Å². The Morgan fingerprint density at radius 1 is 1.05 bits per heavy atom. The van der Waals surface area contributed by atoms with Gasteiger partial charge in [0.25, 0.3) is 0 Å². The minimum atomic E-state index is 0.654. The number of hydrogen-bond acceptors (Lipinski definition) is 4. The van der Waals surface area contributed by atoms with Crippen LogP contribution in [0.2, 0.25) is 0 Å². The Morgan fingerprint density at radius 3 is 2.86 bits per heavy atom. The molecule has 5 heteroatoms. The summed E-state index contributed by atoms with van der Waals surface area (Å²) in [7, 11) is 0. The molecular weight excluding hydrogens is 274 g/mol. The van der Waals surface area contributed by atoms with Crippen LogP contribution < -0.4 is 0 Å². The molecule has 0 N–H and O–H groups in total. The Kier molecular flexibility index (Phi) is 3.04. The summed E-state index contributed by atoms with van der Waals surface area (Å²) in [5.74, 6) is 0. The summed E-state index contributed by atoms with van der Waals surface area (Å²) in [4.78, 5) is 8.98. The lowest BCUT2D eigenvalue weighted by Crippen LogP contribution is -2.03. The second-order valence-corrected chi connectivity index (χ2v) is 5.28. The fourth-order valence-electron chi connectivity index (χ4n) is 2.59. The average molecular weight is 289 g/mol. The molecule has 3 aromatic heterocycles. The fourth-order valence-corrected chi connectivity index (χ4v) is 2.59. The largest absolute Gasteiger partial charge is 0.256 e. The van der Waals surface area contributed by atoms with Crippen LogP contribution in [0, 0.1) is 0 Å². The summed E-state index contributed by atoms with van der Waals surface area (Å²) in [6, 6.07) is 14.3. The molecule has 108 valence electrons. The Labute approximate surface area is 127 Å². The van der Waals surface area contributed by atoms with Crippen LogP contribution in [0.25, 0.3) is 22.1 Å². The Balaban J connectivity index is 1.75. The van der Waals surface area contributed by atoms with Gasteiger partial charge >= 0.3 is 0 Å². The molecule has 0 spiro atoms. The van der Waals surface area contributed by atoms with E-state index in [4.69, 9.17) is 0 Å². The Hall–Kier alpha value is -2.82. The van der Waals surface area contributed by atoms with Gasteiger partial charge in [0.05, 0.1) is 12.1 Å². The van der Waals surface area contributed by atoms with Crippen molar-refractivity contribution in [2.75, 3.05) is 0 Å². The second kappa shape index (κ2) is 5.18. The van der Waals surface area contributed by atoms with Crippen molar-refractivity contribution < 1.29 is 0 Å². The highest BCUT2D eigenvalue weighted by Crippen LogP contribution is 2.16. The van der Waals surface area contributed by atoms with E-state index in [0.717, 1.165) is 39.7 Å². The molecular formula is C17H15N5. The zero-order valence-corrected chi connectivity index (χ0v) is 12.3. The molecule has 0 fully saturated rings. The third-order valence-electron chi connectivity index (χ3n) is 3.78. The first kappa shape index (κ1) is 12.9. The molecule has 0 aliphatic heterocycles. The quantitative estimate of drug-likeness (QED) is 0.582. The molecule has 0 radical (unpaired) electrons. The van der Waals surface area contributed by atoms with Gasteiger partial charge < -0.3 is 0 Å². The first-order valence-electron chi connectivity index (χ1n) is 7.36. The van der Waals surface area contributed by atoms with Crippen molar-refractivity contribution in [1.29, 1.82) is 0 Å². The molecule has 0 amide bonds. The number of benzene rings is 1. The van der Waals surface area contributed by atoms with E-state index in [1.807, 2.05) is 35.1 Å². The van der Waals surface area contributed by atoms with Crippen molar-refractivity contribution in [3.8, 4) is 0 Å². The van der Waals surface area contributed by atoms with Gasteiger partial charge in [0.15, 0.2) is 5.65 Å². The van der Waals surface area contributed by atoms with E-state index in [2.05, 4.69) is 45.4 Å². The third-order valence-corrected chi connectivity index (χ3v) is 3.78. The van der Waals surface area contributed by atoms with Gasteiger partial charge in [-0.1, -0.05) is 24.3 Å². The van der Waals surface area contributed by atoms with Gasteiger partial charge in [0, 0.05) is 17.3 Å². The molecule has 0 saturated carbocycles. The number of fused-ring (bicyclic) bond motifs is 2. The minimum absolute atomic E-state index is 0.654. The van der Waals surface area contributed by atoms with Crippen LogP contribution in [0.4, 0.5) is 0 Å². The molecule has 0 bridgehead atoms. The van der Waals surface area contributed by atoms with Crippen LogP contribution in [0.5, 0.6) is 0 Å². The van der Waals surface area contributed by atoms with E-state index >= 15 is 0 Å². The number of pyridine rings is 2. The van der Waals surface area contributed by atoms with E-state index in [1.54, 1.807) is 0 Å². The molecule has 0 aliphatic rings. The second-order valence-electron chi connectivity index (χ2n) is 5.28. The number of aryl methyl sites for hydroxylation is 1. The van der Waals surface area contributed by atoms with Crippen LogP contribution in [0.3, 0.4) is 0 Å². The zero-order valence-electron chi connectivity index (χ0n) is 12.3. The molecule has 5 nitrogen and oxygen atoms in total. The predicted molar refractivity (Wildman–Crippen MR) is 85.5 cm³/mol. The molecule has 4 aromatic rings. The first-order valence-corrected chi connectivity index (χ1v) is 7.36. The van der Waals surface area contributed by atoms with Crippen molar-refractivity contribution in [3.63, 3.8) is 0 Å². The topological polar surface area (TPSA) is 56.5 Å². The number of nitrogens with zero attached hydrogens (tertiary/aromatic N) is 5. The van der Waals surface area contributed by atoms with Crippen molar-refractivity contribution in [2.24, 2.45) is 0 Å². The minimum Gasteiger partial charge on any atom is -0.256 e. The van der Waals surface area contributed by atoms with Crippen molar-refractivity contribution in [3.05, 3.63) is 59.9 Å². The number of aromatic nitrogens is 5. The summed E-state index contributed by atoms with van der Waals surface area (Å²) in [6.07, 6.45) is 2.71. The summed E-state index contributed by atoms with van der Waals surface area (Å²) < 4.78 is 1.85. The average Bonchev–Trinajstić information content (AvgIpc) is 2.97. The maximum absolute atomic E-state index is 4.64. The van der Waals surface area contributed by atoms with Crippen LogP contribution >= 0.6 is 0 Å². The van der Waals surface area contributed by atoms with Crippen molar-refractivity contribution in [1.82, 2.24) is 25.0 Å². The lowest BCUT2D eigenvalue weighted by Gasteiger charge is -2.04. The monoisotopic (exact) mass is 289 g/mol. The molecule has 0 aliphatic carbocycles. The number of rotatable bonds is 3. The SMILES string of the molecule is CCc1ccc2nnn(Cc3ccc4ncccc4c3)c2n1. The van der Waals surface area contributed by atoms with Crippen molar-refractivity contribution >= 4 is 22.1 Å².